The average Bonchev–Trinajstić information content (AvgIpc) is 3.40. The first-order valence-corrected chi connectivity index (χ1v) is 14.4. The van der Waals surface area contributed by atoms with Gasteiger partial charge in [0.05, 0.1) is 47.6 Å². The Morgan fingerprint density at radius 1 is 1.10 bits per heavy atom. The van der Waals surface area contributed by atoms with Crippen molar-refractivity contribution in [3.63, 3.8) is 0 Å². The Kier molecular flexibility index (Phi) is 6.22. The minimum absolute atomic E-state index is 0.297. The summed E-state index contributed by atoms with van der Waals surface area (Å²) in [6.07, 6.45) is 6.34. The van der Waals surface area contributed by atoms with Gasteiger partial charge in [0, 0.05) is 36.6 Å². The summed E-state index contributed by atoms with van der Waals surface area (Å²) in [7, 11) is 0. The van der Waals surface area contributed by atoms with Crippen LogP contribution in [-0.4, -0.2) is 64.1 Å². The number of fused-ring (bicyclic) bond motifs is 7. The van der Waals surface area contributed by atoms with Gasteiger partial charge in [0.15, 0.2) is 0 Å². The molecule has 2 fully saturated rings. The molecule has 5 heterocycles. The van der Waals surface area contributed by atoms with Crippen LogP contribution >= 0.6 is 0 Å². The number of nitrogens with one attached hydrogen (secondary N) is 1. The average molecular weight is 542 g/mol. The van der Waals surface area contributed by atoms with Crippen molar-refractivity contribution in [3.8, 4) is 17.1 Å². The molecule has 7 rings (SSSR count). The number of nitrogens with zero attached hydrogens (tertiary/aromatic N) is 6. The summed E-state index contributed by atoms with van der Waals surface area (Å²) in [5.41, 5.74) is 5.70. The van der Waals surface area contributed by atoms with Crippen LogP contribution in [0.5, 0.6) is 5.88 Å². The fraction of sp³-hybridized carbons (Fsp3) is 0.467. The Morgan fingerprint density at radius 2 is 1.98 bits per heavy atom. The molecule has 2 unspecified atom stereocenters. The van der Waals surface area contributed by atoms with Gasteiger partial charge in [-0.2, -0.15) is 10.1 Å². The number of amides is 1. The summed E-state index contributed by atoms with van der Waals surface area (Å²) < 4.78 is 8.35. The van der Waals surface area contributed by atoms with Gasteiger partial charge in [-0.1, -0.05) is 6.92 Å². The number of hydrogen-bond acceptors (Lipinski definition) is 8. The van der Waals surface area contributed by atoms with Gasteiger partial charge in [0.25, 0.3) is 5.91 Å². The highest BCUT2D eigenvalue weighted by Crippen LogP contribution is 2.42. The number of carbonyl (C=O) groups is 1. The molecule has 1 saturated carbocycles. The third-order valence-electron chi connectivity index (χ3n) is 8.20. The molecule has 2 bridgehead atoms. The summed E-state index contributed by atoms with van der Waals surface area (Å²) in [5, 5.41) is 18.1. The SMILES string of the molecule is Cc1cc2cc(n1)-c1cnn(C3CC3)c1OCCCC(C)CN1/C(=N/C2=O)Nc2ccc(N3CCC(O)C3)cc21. The van der Waals surface area contributed by atoms with Crippen LogP contribution in [0.15, 0.2) is 41.5 Å². The fourth-order valence-corrected chi connectivity index (χ4v) is 5.94. The summed E-state index contributed by atoms with van der Waals surface area (Å²) in [6, 6.07) is 10.2. The van der Waals surface area contributed by atoms with E-state index in [0.717, 1.165) is 72.8 Å². The quantitative estimate of drug-likeness (QED) is 0.492. The van der Waals surface area contributed by atoms with E-state index in [1.807, 2.05) is 23.9 Å². The molecule has 2 atom stereocenters. The van der Waals surface area contributed by atoms with Crippen LogP contribution < -0.4 is 19.9 Å². The number of carbonyl (C=O) groups excluding carboxylic acids is 1. The molecule has 208 valence electrons. The van der Waals surface area contributed by atoms with Crippen LogP contribution in [0.1, 0.15) is 61.1 Å². The Morgan fingerprint density at radius 3 is 2.77 bits per heavy atom. The van der Waals surface area contributed by atoms with Gasteiger partial charge in [-0.05, 0) is 75.3 Å². The molecule has 0 spiro atoms. The predicted molar refractivity (Wildman–Crippen MR) is 154 cm³/mol. The molecular formula is C30H35N7O3. The summed E-state index contributed by atoms with van der Waals surface area (Å²) in [6.45, 7) is 6.88. The first-order chi connectivity index (χ1) is 19.4. The normalized spacial score (nSPS) is 24.2. The second-order valence-corrected chi connectivity index (χ2v) is 11.6. The molecule has 3 aliphatic heterocycles. The van der Waals surface area contributed by atoms with E-state index in [4.69, 9.17) is 9.72 Å². The van der Waals surface area contributed by atoms with Crippen molar-refractivity contribution in [2.75, 3.05) is 41.4 Å². The topological polar surface area (TPSA) is 108 Å². The van der Waals surface area contributed by atoms with Gasteiger partial charge in [0.2, 0.25) is 11.8 Å². The van der Waals surface area contributed by atoms with E-state index in [-0.39, 0.29) is 12.0 Å². The molecule has 0 radical (unpaired) electrons. The molecule has 1 aliphatic carbocycles. The number of rotatable bonds is 2. The second-order valence-electron chi connectivity index (χ2n) is 11.6. The lowest BCUT2D eigenvalue weighted by molar-refractivity contribution is 0.100. The molecule has 1 saturated heterocycles. The maximum atomic E-state index is 13.6. The van der Waals surface area contributed by atoms with E-state index < -0.39 is 0 Å². The smallest absolute Gasteiger partial charge is 0.280 e. The van der Waals surface area contributed by atoms with Crippen LogP contribution in [-0.2, 0) is 0 Å². The van der Waals surface area contributed by atoms with Gasteiger partial charge >= 0.3 is 0 Å². The van der Waals surface area contributed by atoms with E-state index in [0.29, 0.717) is 48.9 Å². The number of aryl methyl sites for hydroxylation is 1. The largest absolute Gasteiger partial charge is 0.477 e. The van der Waals surface area contributed by atoms with Gasteiger partial charge < -0.3 is 25.0 Å². The van der Waals surface area contributed by atoms with Crippen LogP contribution in [0.3, 0.4) is 0 Å². The van der Waals surface area contributed by atoms with E-state index in [9.17, 15) is 9.90 Å². The van der Waals surface area contributed by atoms with Crippen LogP contribution in [0.2, 0.25) is 0 Å². The number of hydrogen-bond donors (Lipinski definition) is 2. The zero-order valence-electron chi connectivity index (χ0n) is 23.0. The lowest BCUT2D eigenvalue weighted by Crippen LogP contribution is -2.35. The molecule has 40 heavy (non-hydrogen) atoms. The van der Waals surface area contributed by atoms with E-state index in [1.165, 1.54) is 0 Å². The number of aromatic nitrogens is 3. The number of β-amino-alcohol motifs (C(OH)–C–C–N with tert-alkyl or cyclic N) is 1. The first kappa shape index (κ1) is 25.1. The number of aliphatic hydroxyl groups excluding tert-OH is 1. The van der Waals surface area contributed by atoms with E-state index in [2.05, 4.69) is 44.3 Å². The van der Waals surface area contributed by atoms with Crippen LogP contribution in [0.25, 0.3) is 11.3 Å². The number of pyridine rings is 1. The highest BCUT2D eigenvalue weighted by molar-refractivity contribution is 6.19. The first-order valence-electron chi connectivity index (χ1n) is 14.4. The van der Waals surface area contributed by atoms with Crippen molar-refractivity contribution in [2.45, 2.75) is 58.1 Å². The zero-order chi connectivity index (χ0) is 27.4. The zero-order valence-corrected chi connectivity index (χ0v) is 23.0. The highest BCUT2D eigenvalue weighted by atomic mass is 16.5. The van der Waals surface area contributed by atoms with Crippen molar-refractivity contribution >= 4 is 28.9 Å². The lowest BCUT2D eigenvalue weighted by Gasteiger charge is -2.24. The molecule has 3 aromatic rings. The number of aliphatic hydroxyl groups is 1. The Bertz CT molecular complexity index is 1490. The predicted octanol–water partition coefficient (Wildman–Crippen LogP) is 4.40. The van der Waals surface area contributed by atoms with Crippen molar-refractivity contribution in [1.29, 1.82) is 0 Å². The van der Waals surface area contributed by atoms with Crippen molar-refractivity contribution < 1.29 is 14.6 Å². The standard InChI is InChI=1S/C30H35N7O3/c1-18-4-3-11-40-29-24(15-31-37(29)21-5-6-21)26-13-20(12-19(2)32-26)28(39)34-30-33-25-8-7-22(14-27(25)36(30)16-18)35-10-9-23(38)17-35/h7-8,12-15,18,21,23,38H,3-6,9-11,16-17H2,1-2H3,(H,33,34,39). The Labute approximate surface area is 233 Å². The van der Waals surface area contributed by atoms with Crippen molar-refractivity contribution in [1.82, 2.24) is 14.8 Å². The Hall–Kier alpha value is -3.92. The van der Waals surface area contributed by atoms with Gasteiger partial charge in [0.1, 0.15) is 0 Å². The third kappa shape index (κ3) is 4.70. The number of ether oxygens (including phenoxy) is 1. The summed E-state index contributed by atoms with van der Waals surface area (Å²) in [5.74, 6) is 1.28. The van der Waals surface area contributed by atoms with Gasteiger partial charge in [-0.25, -0.2) is 4.68 Å². The summed E-state index contributed by atoms with van der Waals surface area (Å²) in [4.78, 5) is 27.3. The Balaban J connectivity index is 1.27. The molecule has 4 aliphatic rings. The number of anilines is 3. The third-order valence-corrected chi connectivity index (χ3v) is 8.20. The van der Waals surface area contributed by atoms with Crippen molar-refractivity contribution in [2.24, 2.45) is 10.9 Å². The van der Waals surface area contributed by atoms with E-state index in [1.54, 1.807) is 12.1 Å². The number of benzene rings is 1. The second kappa shape index (κ2) is 9.92. The molecular weight excluding hydrogens is 506 g/mol. The van der Waals surface area contributed by atoms with Gasteiger partial charge in [-0.15, -0.1) is 0 Å². The van der Waals surface area contributed by atoms with Crippen molar-refractivity contribution in [3.05, 3.63) is 47.8 Å². The van der Waals surface area contributed by atoms with Crippen LogP contribution in [0.4, 0.5) is 17.1 Å². The maximum Gasteiger partial charge on any atom is 0.280 e. The number of guanidine groups is 1. The molecule has 1 aromatic carbocycles. The summed E-state index contributed by atoms with van der Waals surface area (Å²) >= 11 is 0. The molecule has 2 N–H and O–H groups in total. The lowest BCUT2D eigenvalue weighted by atomic mass is 10.1. The number of aliphatic imine (C=N–C) groups is 1. The van der Waals surface area contributed by atoms with E-state index >= 15 is 0 Å². The van der Waals surface area contributed by atoms with Gasteiger partial charge in [-0.3, -0.25) is 9.78 Å². The monoisotopic (exact) mass is 541 g/mol. The maximum absolute atomic E-state index is 13.6. The fourth-order valence-electron chi connectivity index (χ4n) is 5.94. The molecule has 1 amide bonds. The molecule has 10 nitrogen and oxygen atoms in total. The minimum atomic E-state index is -0.325. The molecule has 10 heteroatoms. The molecule has 2 aromatic heterocycles. The van der Waals surface area contributed by atoms with Crippen LogP contribution in [0, 0.1) is 12.8 Å². The minimum Gasteiger partial charge on any atom is -0.477 e. The highest BCUT2D eigenvalue weighted by Gasteiger charge is 2.32.